The molecule has 0 spiro atoms. The van der Waals surface area contributed by atoms with Crippen molar-refractivity contribution in [1.82, 2.24) is 0 Å². The number of rotatable bonds is 62. The van der Waals surface area contributed by atoms with Crippen molar-refractivity contribution in [3.05, 3.63) is 36.5 Å². The molecule has 0 saturated heterocycles. The smallest absolute Gasteiger partial charge is 0.462 e. The van der Waals surface area contributed by atoms with E-state index in [-0.39, 0.29) is 25.9 Å². The van der Waals surface area contributed by atoms with Gasteiger partial charge < -0.3 is 24.2 Å². The number of phosphoric ester groups is 1. The molecule has 0 bridgehead atoms. The number of aliphatic hydroxyl groups excluding tert-OH is 1. The summed E-state index contributed by atoms with van der Waals surface area (Å²) in [5, 5.41) is 9.85. The van der Waals surface area contributed by atoms with Crippen LogP contribution in [0.1, 0.15) is 329 Å². The van der Waals surface area contributed by atoms with Gasteiger partial charge in [-0.05, 0) is 51.4 Å². The molecule has 12 heteroatoms. The van der Waals surface area contributed by atoms with Crippen LogP contribution in [0.25, 0.3) is 0 Å². The van der Waals surface area contributed by atoms with Crippen LogP contribution >= 0.6 is 7.82 Å². The molecule has 458 valence electrons. The quantitative estimate of drug-likeness (QED) is 0.0197. The first-order valence-corrected chi connectivity index (χ1v) is 34.4. The van der Waals surface area contributed by atoms with E-state index in [1.165, 1.54) is 180 Å². The van der Waals surface area contributed by atoms with Crippen molar-refractivity contribution in [3.8, 4) is 0 Å². The Kier molecular flexibility index (Phi) is 59.0. The predicted molar refractivity (Wildman–Crippen MR) is 326 cm³/mol. The Morgan fingerprint density at radius 3 is 1.03 bits per heavy atom. The SMILES string of the molecule is CC/C=C\C/C=C\C/C=C\CCCCCCCCCC(=O)OC(COC(=O)CCCCCCCCCCCCCCCCCCCCC)COP(=O)(O)OCC(CO)OC(=O)CCCCCCCCCCCCCCCCC. The zero-order chi connectivity index (χ0) is 56.9. The van der Waals surface area contributed by atoms with Gasteiger partial charge >= 0.3 is 25.7 Å². The van der Waals surface area contributed by atoms with Crippen molar-refractivity contribution in [1.29, 1.82) is 0 Å². The van der Waals surface area contributed by atoms with Gasteiger partial charge in [0.15, 0.2) is 6.10 Å². The van der Waals surface area contributed by atoms with Crippen molar-refractivity contribution < 1.29 is 52.2 Å². The fraction of sp³-hybridized carbons (Fsp3) is 0.864. The molecule has 0 aliphatic heterocycles. The number of ether oxygens (including phenoxy) is 3. The largest absolute Gasteiger partial charge is 0.472 e. The summed E-state index contributed by atoms with van der Waals surface area (Å²) in [5.41, 5.74) is 0. The van der Waals surface area contributed by atoms with Crippen molar-refractivity contribution in [2.75, 3.05) is 26.4 Å². The van der Waals surface area contributed by atoms with Gasteiger partial charge in [0.05, 0.1) is 19.8 Å². The van der Waals surface area contributed by atoms with Gasteiger partial charge in [0.2, 0.25) is 0 Å². The molecular formula is C66H123O11P. The fourth-order valence-electron chi connectivity index (χ4n) is 9.61. The molecule has 0 amide bonds. The van der Waals surface area contributed by atoms with Crippen LogP contribution < -0.4 is 0 Å². The third kappa shape index (κ3) is 58.4. The third-order valence-corrected chi connectivity index (χ3v) is 15.5. The summed E-state index contributed by atoms with van der Waals surface area (Å²) in [7, 11) is -4.75. The van der Waals surface area contributed by atoms with Crippen LogP contribution in [0.15, 0.2) is 36.5 Å². The zero-order valence-corrected chi connectivity index (χ0v) is 51.8. The molecule has 0 aliphatic carbocycles. The van der Waals surface area contributed by atoms with Crippen molar-refractivity contribution in [3.63, 3.8) is 0 Å². The van der Waals surface area contributed by atoms with Gasteiger partial charge in [0.1, 0.15) is 12.7 Å². The Labute approximate surface area is 480 Å². The number of aliphatic hydroxyl groups is 1. The highest BCUT2D eigenvalue weighted by molar-refractivity contribution is 7.47. The van der Waals surface area contributed by atoms with Gasteiger partial charge in [-0.25, -0.2) is 4.57 Å². The molecular weight excluding hydrogens is 1000 g/mol. The molecule has 3 unspecified atom stereocenters. The second-order valence-electron chi connectivity index (χ2n) is 22.3. The number of esters is 3. The maximum absolute atomic E-state index is 13.0. The Balaban J connectivity index is 4.65. The lowest BCUT2D eigenvalue weighted by atomic mass is 10.0. The minimum Gasteiger partial charge on any atom is -0.462 e. The molecule has 0 aliphatic rings. The van der Waals surface area contributed by atoms with Crippen LogP contribution in [0.3, 0.4) is 0 Å². The van der Waals surface area contributed by atoms with Crippen LogP contribution in [0, 0.1) is 0 Å². The Bertz CT molecular complexity index is 1450. The molecule has 0 fully saturated rings. The minimum atomic E-state index is -4.75. The van der Waals surface area contributed by atoms with Gasteiger partial charge in [-0.1, -0.05) is 295 Å². The fourth-order valence-corrected chi connectivity index (χ4v) is 10.4. The summed E-state index contributed by atoms with van der Waals surface area (Å²) in [6.07, 6.45) is 65.2. The van der Waals surface area contributed by atoms with E-state index in [9.17, 15) is 28.9 Å². The first-order valence-electron chi connectivity index (χ1n) is 32.9. The average molecular weight is 1120 g/mol. The summed E-state index contributed by atoms with van der Waals surface area (Å²) in [6.45, 7) is 4.61. The Morgan fingerprint density at radius 1 is 0.372 bits per heavy atom. The second-order valence-corrected chi connectivity index (χ2v) is 23.7. The lowest BCUT2D eigenvalue weighted by Gasteiger charge is -2.21. The molecule has 0 heterocycles. The van der Waals surface area contributed by atoms with Crippen LogP contribution in [0.4, 0.5) is 0 Å². The highest BCUT2D eigenvalue weighted by Crippen LogP contribution is 2.43. The van der Waals surface area contributed by atoms with Crippen LogP contribution in [0.2, 0.25) is 0 Å². The summed E-state index contributed by atoms with van der Waals surface area (Å²) < 4.78 is 39.7. The first-order chi connectivity index (χ1) is 38.2. The summed E-state index contributed by atoms with van der Waals surface area (Å²) in [6, 6.07) is 0. The first kappa shape index (κ1) is 75.7. The molecule has 0 radical (unpaired) electrons. The number of carbonyl (C=O) groups excluding carboxylic acids is 3. The maximum Gasteiger partial charge on any atom is 0.472 e. The summed E-state index contributed by atoms with van der Waals surface area (Å²) in [4.78, 5) is 48.8. The van der Waals surface area contributed by atoms with E-state index in [0.717, 1.165) is 89.9 Å². The van der Waals surface area contributed by atoms with Crippen molar-refractivity contribution >= 4 is 25.7 Å². The van der Waals surface area contributed by atoms with Gasteiger partial charge in [-0.3, -0.25) is 23.4 Å². The molecule has 0 saturated carbocycles. The number of hydrogen-bond acceptors (Lipinski definition) is 10. The monoisotopic (exact) mass is 1120 g/mol. The van der Waals surface area contributed by atoms with E-state index >= 15 is 0 Å². The second kappa shape index (κ2) is 60.8. The number of unbranched alkanes of at least 4 members (excludes halogenated alkanes) is 39. The number of hydrogen-bond donors (Lipinski definition) is 2. The molecule has 0 rings (SSSR count). The summed E-state index contributed by atoms with van der Waals surface area (Å²) in [5.74, 6) is -1.45. The zero-order valence-electron chi connectivity index (χ0n) is 50.9. The maximum atomic E-state index is 13.0. The lowest BCUT2D eigenvalue weighted by molar-refractivity contribution is -0.161. The predicted octanol–water partition coefficient (Wildman–Crippen LogP) is 19.9. The lowest BCUT2D eigenvalue weighted by Crippen LogP contribution is -2.30. The third-order valence-electron chi connectivity index (χ3n) is 14.6. The molecule has 0 aromatic carbocycles. The van der Waals surface area contributed by atoms with Crippen LogP contribution in [0.5, 0.6) is 0 Å². The standard InChI is InChI=1S/C66H123O11P/c1-4-7-10-13-16-19-22-25-28-30-31-33-35-37-40-43-46-49-52-55-64(68)73-59-63(77-66(70)57-54-51-48-45-42-39-36-32-29-26-23-20-17-14-11-8-5-2)61-75-78(71,72)74-60-62(58-67)76-65(69)56-53-50-47-44-41-38-34-27-24-21-18-15-12-9-6-3/h8,11,17,20,26,29,62-63,67H,4-7,9-10,12-16,18-19,21-25,27-28,30-61H2,1-3H3,(H,71,72)/b11-8-,20-17-,29-26-. The minimum absolute atomic E-state index is 0.161. The van der Waals surface area contributed by atoms with Crippen LogP contribution in [-0.2, 0) is 42.2 Å². The number of phosphoric acid groups is 1. The van der Waals surface area contributed by atoms with Gasteiger partial charge in [-0.15, -0.1) is 0 Å². The molecule has 11 nitrogen and oxygen atoms in total. The molecule has 0 aromatic rings. The van der Waals surface area contributed by atoms with E-state index in [1.54, 1.807) is 0 Å². The van der Waals surface area contributed by atoms with E-state index in [4.69, 9.17) is 23.3 Å². The molecule has 3 atom stereocenters. The normalized spacial score (nSPS) is 13.4. The Hall–Kier alpha value is -2.30. The van der Waals surface area contributed by atoms with E-state index in [1.807, 2.05) is 0 Å². The highest BCUT2D eigenvalue weighted by atomic mass is 31.2. The molecule has 0 aromatic heterocycles. The van der Waals surface area contributed by atoms with Gasteiger partial charge in [0, 0.05) is 19.3 Å². The topological polar surface area (TPSA) is 155 Å². The van der Waals surface area contributed by atoms with Gasteiger partial charge in [0.25, 0.3) is 0 Å². The molecule has 78 heavy (non-hydrogen) atoms. The molecule has 2 N–H and O–H groups in total. The average Bonchev–Trinajstić information content (AvgIpc) is 3.43. The highest BCUT2D eigenvalue weighted by Gasteiger charge is 2.28. The van der Waals surface area contributed by atoms with Crippen LogP contribution in [-0.4, -0.2) is 66.5 Å². The van der Waals surface area contributed by atoms with Crippen molar-refractivity contribution in [2.45, 2.75) is 341 Å². The van der Waals surface area contributed by atoms with Gasteiger partial charge in [-0.2, -0.15) is 0 Å². The Morgan fingerprint density at radius 2 is 0.667 bits per heavy atom. The van der Waals surface area contributed by atoms with E-state index in [2.05, 4.69) is 57.2 Å². The number of allylic oxidation sites excluding steroid dienone is 6. The van der Waals surface area contributed by atoms with E-state index in [0.29, 0.717) is 19.3 Å². The van der Waals surface area contributed by atoms with E-state index < -0.39 is 57.8 Å². The number of carbonyl (C=O) groups is 3. The summed E-state index contributed by atoms with van der Waals surface area (Å²) >= 11 is 0. The van der Waals surface area contributed by atoms with Crippen molar-refractivity contribution in [2.24, 2.45) is 0 Å².